The van der Waals surface area contributed by atoms with Crippen LogP contribution < -0.4 is 0 Å². The fourth-order valence-corrected chi connectivity index (χ4v) is 3.65. The summed E-state index contributed by atoms with van der Waals surface area (Å²) in [5.41, 5.74) is 1.18. The fraction of sp³-hybridized carbons (Fsp3) is 0.412. The van der Waals surface area contributed by atoms with Gasteiger partial charge in [-0.1, -0.05) is 5.16 Å². The molecule has 0 bridgehead atoms. The zero-order valence-corrected chi connectivity index (χ0v) is 14.9. The minimum Gasteiger partial charge on any atom is -0.391 e. The number of carbonyl (C=O) groups is 1. The molecule has 7 nitrogen and oxygen atoms in total. The van der Waals surface area contributed by atoms with E-state index in [1.807, 2.05) is 13.0 Å². The summed E-state index contributed by atoms with van der Waals surface area (Å²) >= 11 is 0. The smallest absolute Gasteiger partial charge is 0.253 e. The number of hydrogen-bond donors (Lipinski definition) is 1. The van der Waals surface area contributed by atoms with Gasteiger partial charge in [0.15, 0.2) is 9.84 Å². The number of aryl methyl sites for hydroxylation is 1. The lowest BCUT2D eigenvalue weighted by Crippen LogP contribution is -2.29. The molecule has 2 atom stereocenters. The van der Waals surface area contributed by atoms with Crippen molar-refractivity contribution in [2.75, 3.05) is 19.3 Å². The first kappa shape index (κ1) is 17.6. The van der Waals surface area contributed by atoms with Crippen molar-refractivity contribution in [2.24, 2.45) is 5.92 Å². The van der Waals surface area contributed by atoms with Crippen LogP contribution in [-0.2, 0) is 16.3 Å². The molecule has 0 radical (unpaired) electrons. The van der Waals surface area contributed by atoms with Gasteiger partial charge in [-0.3, -0.25) is 4.79 Å². The number of likely N-dealkylation sites (tertiary alicyclic amines) is 1. The number of aliphatic hydroxyl groups excluding tert-OH is 1. The Morgan fingerprint density at radius 3 is 2.56 bits per heavy atom. The Labute approximate surface area is 146 Å². The molecule has 1 aliphatic heterocycles. The fourth-order valence-electron chi connectivity index (χ4n) is 3.02. The molecule has 1 aromatic heterocycles. The molecule has 1 amide bonds. The van der Waals surface area contributed by atoms with Gasteiger partial charge in [0.1, 0.15) is 5.76 Å². The third-order valence-electron chi connectivity index (χ3n) is 4.36. The summed E-state index contributed by atoms with van der Waals surface area (Å²) in [5, 5.41) is 14.1. The zero-order valence-electron chi connectivity index (χ0n) is 14.0. The summed E-state index contributed by atoms with van der Waals surface area (Å²) < 4.78 is 28.2. The third-order valence-corrected chi connectivity index (χ3v) is 5.49. The SMILES string of the molecule is Cc1cc(C[C@@H]2CN(C(=O)c3ccc(S(C)(=O)=O)cc3)C[C@@H]2O)on1. The van der Waals surface area contributed by atoms with Crippen molar-refractivity contribution >= 4 is 15.7 Å². The van der Waals surface area contributed by atoms with E-state index in [-0.39, 0.29) is 23.3 Å². The topological polar surface area (TPSA) is 101 Å². The maximum atomic E-state index is 12.6. The summed E-state index contributed by atoms with van der Waals surface area (Å²) in [6, 6.07) is 7.66. The first-order valence-electron chi connectivity index (χ1n) is 7.93. The quantitative estimate of drug-likeness (QED) is 0.871. The van der Waals surface area contributed by atoms with E-state index in [1.54, 1.807) is 4.90 Å². The molecule has 2 aromatic rings. The van der Waals surface area contributed by atoms with Crippen LogP contribution in [-0.4, -0.2) is 54.9 Å². The van der Waals surface area contributed by atoms with Crippen molar-refractivity contribution in [3.63, 3.8) is 0 Å². The minimum absolute atomic E-state index is 0.119. The molecule has 3 rings (SSSR count). The van der Waals surface area contributed by atoms with Gasteiger partial charge in [-0.25, -0.2) is 8.42 Å². The van der Waals surface area contributed by atoms with Crippen LogP contribution in [0.15, 0.2) is 39.8 Å². The molecule has 25 heavy (non-hydrogen) atoms. The van der Waals surface area contributed by atoms with Gasteiger partial charge in [-0.15, -0.1) is 0 Å². The van der Waals surface area contributed by atoms with Gasteiger partial charge in [0, 0.05) is 43.3 Å². The lowest BCUT2D eigenvalue weighted by molar-refractivity contribution is 0.0764. The highest BCUT2D eigenvalue weighted by atomic mass is 32.2. The average molecular weight is 364 g/mol. The van der Waals surface area contributed by atoms with Crippen LogP contribution in [0, 0.1) is 12.8 Å². The molecular weight excluding hydrogens is 344 g/mol. The second-order valence-corrected chi connectivity index (χ2v) is 8.49. The molecule has 0 unspecified atom stereocenters. The number of rotatable bonds is 4. The molecule has 134 valence electrons. The number of aliphatic hydroxyl groups is 1. The van der Waals surface area contributed by atoms with Gasteiger partial charge >= 0.3 is 0 Å². The summed E-state index contributed by atoms with van der Waals surface area (Å²) in [4.78, 5) is 14.3. The van der Waals surface area contributed by atoms with Crippen LogP contribution in [0.3, 0.4) is 0 Å². The van der Waals surface area contributed by atoms with Crippen LogP contribution >= 0.6 is 0 Å². The predicted octanol–water partition coefficient (Wildman–Crippen LogP) is 1.06. The van der Waals surface area contributed by atoms with E-state index in [0.29, 0.717) is 24.3 Å². The number of hydrogen-bond acceptors (Lipinski definition) is 6. The number of benzene rings is 1. The maximum absolute atomic E-state index is 12.6. The lowest BCUT2D eigenvalue weighted by atomic mass is 10.0. The molecule has 0 spiro atoms. The molecule has 8 heteroatoms. The van der Waals surface area contributed by atoms with Crippen LogP contribution in [0.4, 0.5) is 0 Å². The van der Waals surface area contributed by atoms with Crippen molar-refractivity contribution in [1.82, 2.24) is 10.1 Å². The lowest BCUT2D eigenvalue weighted by Gasteiger charge is -2.16. The van der Waals surface area contributed by atoms with Gasteiger partial charge < -0.3 is 14.5 Å². The van der Waals surface area contributed by atoms with Gasteiger partial charge in [-0.2, -0.15) is 0 Å². The van der Waals surface area contributed by atoms with Crippen LogP contribution in [0.25, 0.3) is 0 Å². The summed E-state index contributed by atoms with van der Waals surface area (Å²) in [7, 11) is -3.30. The van der Waals surface area contributed by atoms with Gasteiger partial charge in [0.2, 0.25) is 0 Å². The van der Waals surface area contributed by atoms with Crippen molar-refractivity contribution in [3.8, 4) is 0 Å². The molecule has 1 saturated heterocycles. The predicted molar refractivity (Wildman–Crippen MR) is 89.9 cm³/mol. The molecule has 1 fully saturated rings. The summed E-state index contributed by atoms with van der Waals surface area (Å²) in [6.45, 7) is 2.48. The molecule has 1 aliphatic rings. The Morgan fingerprint density at radius 2 is 2.00 bits per heavy atom. The Hall–Kier alpha value is -2.19. The highest BCUT2D eigenvalue weighted by Crippen LogP contribution is 2.24. The number of nitrogens with zero attached hydrogens (tertiary/aromatic N) is 2. The second kappa shape index (κ2) is 6.61. The first-order chi connectivity index (χ1) is 11.7. The Bertz CT molecular complexity index is 873. The summed E-state index contributed by atoms with van der Waals surface area (Å²) in [6.07, 6.45) is 1.000. The standard InChI is InChI=1S/C17H20N2O5S/c1-11-7-14(24-18-11)8-13-9-19(10-16(13)20)17(21)12-3-5-15(6-4-12)25(2,22)23/h3-7,13,16,20H,8-10H2,1-2H3/t13-,16+/m1/s1. The van der Waals surface area contributed by atoms with Crippen LogP contribution in [0.1, 0.15) is 21.8 Å². The third kappa shape index (κ3) is 3.91. The molecule has 0 aliphatic carbocycles. The number of amides is 1. The molecule has 1 N–H and O–H groups in total. The largest absolute Gasteiger partial charge is 0.391 e. The average Bonchev–Trinajstić information content (AvgIpc) is 3.12. The van der Waals surface area contributed by atoms with Crippen LogP contribution in [0.5, 0.6) is 0 Å². The van der Waals surface area contributed by atoms with E-state index in [2.05, 4.69) is 5.16 Å². The summed E-state index contributed by atoms with van der Waals surface area (Å²) in [5.74, 6) is 0.343. The number of carbonyl (C=O) groups excluding carboxylic acids is 1. The molecule has 1 aromatic carbocycles. The van der Waals surface area contributed by atoms with E-state index in [9.17, 15) is 18.3 Å². The normalized spacial score (nSPS) is 20.8. The van der Waals surface area contributed by atoms with Crippen molar-refractivity contribution in [3.05, 3.63) is 47.3 Å². The van der Waals surface area contributed by atoms with E-state index in [0.717, 1.165) is 11.9 Å². The second-order valence-electron chi connectivity index (χ2n) is 6.47. The number of sulfone groups is 1. The highest BCUT2D eigenvalue weighted by molar-refractivity contribution is 7.90. The molecule has 2 heterocycles. The van der Waals surface area contributed by atoms with Gasteiger partial charge in [0.05, 0.1) is 16.7 Å². The monoisotopic (exact) mass is 364 g/mol. The van der Waals surface area contributed by atoms with Crippen LogP contribution in [0.2, 0.25) is 0 Å². The van der Waals surface area contributed by atoms with Crippen molar-refractivity contribution in [2.45, 2.75) is 24.3 Å². The van der Waals surface area contributed by atoms with Gasteiger partial charge in [0.25, 0.3) is 5.91 Å². The van der Waals surface area contributed by atoms with E-state index in [4.69, 9.17) is 4.52 Å². The maximum Gasteiger partial charge on any atom is 0.253 e. The number of β-amino-alcohol motifs (C(OH)–C–C–N with tert-alkyl or cyclic N) is 1. The Balaban J connectivity index is 1.69. The van der Waals surface area contributed by atoms with E-state index >= 15 is 0 Å². The number of aromatic nitrogens is 1. The minimum atomic E-state index is -3.30. The molecule has 0 saturated carbocycles. The zero-order chi connectivity index (χ0) is 18.2. The van der Waals surface area contributed by atoms with E-state index in [1.165, 1.54) is 24.3 Å². The Kier molecular flexibility index (Phi) is 4.66. The van der Waals surface area contributed by atoms with Crippen molar-refractivity contribution in [1.29, 1.82) is 0 Å². The first-order valence-corrected chi connectivity index (χ1v) is 9.83. The van der Waals surface area contributed by atoms with E-state index < -0.39 is 15.9 Å². The van der Waals surface area contributed by atoms with Crippen molar-refractivity contribution < 1.29 is 22.8 Å². The highest BCUT2D eigenvalue weighted by Gasteiger charge is 2.35. The molecular formula is C17H20N2O5S. The Morgan fingerprint density at radius 1 is 1.32 bits per heavy atom. The van der Waals surface area contributed by atoms with Gasteiger partial charge in [-0.05, 0) is 31.2 Å².